The molecule has 1 aliphatic carbocycles. The Labute approximate surface area is 92.0 Å². The third-order valence-corrected chi connectivity index (χ3v) is 3.18. The van der Waals surface area contributed by atoms with Crippen molar-refractivity contribution in [1.82, 2.24) is 0 Å². The van der Waals surface area contributed by atoms with E-state index >= 15 is 0 Å². The number of carbonyl (C=O) groups excluding carboxylic acids is 1. The first kappa shape index (κ1) is 9.66. The molecule has 1 aliphatic rings. The summed E-state index contributed by atoms with van der Waals surface area (Å²) in [5, 5.41) is 0. The van der Waals surface area contributed by atoms with Crippen molar-refractivity contribution in [3.8, 4) is 0 Å². The van der Waals surface area contributed by atoms with Crippen LogP contribution < -0.4 is 0 Å². The molecule has 0 aromatic heterocycles. The van der Waals surface area contributed by atoms with Crippen molar-refractivity contribution in [2.24, 2.45) is 0 Å². The summed E-state index contributed by atoms with van der Waals surface area (Å²) in [6, 6.07) is 8.10. The number of halogens is 1. The zero-order valence-electron chi connectivity index (χ0n) is 7.79. The highest BCUT2D eigenvalue weighted by atomic mass is 79.9. The molecule has 1 fully saturated rings. The molecule has 0 amide bonds. The van der Waals surface area contributed by atoms with Crippen molar-refractivity contribution in [2.75, 3.05) is 0 Å². The summed E-state index contributed by atoms with van der Waals surface area (Å²) >= 11 is 3.43. The van der Waals surface area contributed by atoms with Crippen LogP contribution in [0.25, 0.3) is 0 Å². The van der Waals surface area contributed by atoms with Crippen molar-refractivity contribution in [3.05, 3.63) is 46.5 Å². The molecule has 0 saturated heterocycles. The Bertz CT molecular complexity index is 395. The van der Waals surface area contributed by atoms with Gasteiger partial charge in [0.25, 0.3) is 0 Å². The molecule has 0 heterocycles. The molecular formula is C12H11BrO. The maximum absolute atomic E-state index is 11.3. The van der Waals surface area contributed by atoms with E-state index in [4.69, 9.17) is 0 Å². The van der Waals surface area contributed by atoms with Gasteiger partial charge in [-0.3, -0.25) is 4.79 Å². The van der Waals surface area contributed by atoms with E-state index in [2.05, 4.69) is 34.6 Å². The molecule has 72 valence electrons. The minimum atomic E-state index is 0.218. The molecule has 0 aliphatic heterocycles. The van der Waals surface area contributed by atoms with Crippen molar-refractivity contribution >= 4 is 21.7 Å². The van der Waals surface area contributed by atoms with Crippen LogP contribution in [0.2, 0.25) is 0 Å². The summed E-state index contributed by atoms with van der Waals surface area (Å²) in [4.78, 5) is 11.3. The van der Waals surface area contributed by atoms with Crippen LogP contribution in [0.5, 0.6) is 0 Å². The number of allylic oxidation sites excluding steroid dienone is 1. The van der Waals surface area contributed by atoms with Crippen LogP contribution in [0, 0.1) is 0 Å². The van der Waals surface area contributed by atoms with E-state index in [-0.39, 0.29) is 11.7 Å². The topological polar surface area (TPSA) is 17.1 Å². The summed E-state index contributed by atoms with van der Waals surface area (Å²) in [5.74, 6) is 0.454. The van der Waals surface area contributed by atoms with Crippen molar-refractivity contribution < 1.29 is 4.79 Å². The first-order valence-electron chi connectivity index (χ1n) is 4.66. The molecule has 0 bridgehead atoms. The lowest BCUT2D eigenvalue weighted by atomic mass is 9.95. The number of carbonyl (C=O) groups is 1. The Morgan fingerprint density at radius 1 is 1.43 bits per heavy atom. The normalized spacial score (nSPS) is 21.6. The lowest BCUT2D eigenvalue weighted by molar-refractivity contribution is -0.114. The van der Waals surface area contributed by atoms with E-state index in [1.54, 1.807) is 0 Å². The Morgan fingerprint density at radius 3 is 2.79 bits per heavy atom. The average Bonchev–Trinajstić information content (AvgIpc) is 2.48. The molecule has 0 spiro atoms. The fraction of sp³-hybridized carbons (Fsp3) is 0.250. The van der Waals surface area contributed by atoms with E-state index in [0.29, 0.717) is 6.42 Å². The standard InChI is InChI=1S/C12H11BrO/c1-8-11(5-6-12(8)14)9-3-2-4-10(13)7-9/h2-4,7,11H,1,5-6H2. The highest BCUT2D eigenvalue weighted by Crippen LogP contribution is 2.36. The Kier molecular flexibility index (Phi) is 2.55. The molecule has 2 rings (SSSR count). The lowest BCUT2D eigenvalue weighted by Gasteiger charge is -2.10. The number of rotatable bonds is 1. The van der Waals surface area contributed by atoms with E-state index in [1.165, 1.54) is 5.56 Å². The molecule has 14 heavy (non-hydrogen) atoms. The van der Waals surface area contributed by atoms with Gasteiger partial charge in [-0.2, -0.15) is 0 Å². The van der Waals surface area contributed by atoms with E-state index in [1.807, 2.05) is 12.1 Å². The van der Waals surface area contributed by atoms with Crippen molar-refractivity contribution in [2.45, 2.75) is 18.8 Å². The third-order valence-electron chi connectivity index (χ3n) is 2.69. The number of benzene rings is 1. The van der Waals surface area contributed by atoms with Crippen molar-refractivity contribution in [1.29, 1.82) is 0 Å². The molecule has 1 nitrogen and oxygen atoms in total. The zero-order chi connectivity index (χ0) is 10.1. The van der Waals surface area contributed by atoms with E-state index in [0.717, 1.165) is 16.5 Å². The Hall–Kier alpha value is -0.890. The summed E-state index contributed by atoms with van der Waals surface area (Å²) < 4.78 is 1.06. The first-order chi connectivity index (χ1) is 6.68. The predicted molar refractivity (Wildman–Crippen MR) is 60.3 cm³/mol. The minimum absolute atomic E-state index is 0.218. The van der Waals surface area contributed by atoms with Gasteiger partial charge >= 0.3 is 0 Å². The van der Waals surface area contributed by atoms with Gasteiger partial charge in [-0.1, -0.05) is 34.6 Å². The van der Waals surface area contributed by atoms with E-state index in [9.17, 15) is 4.79 Å². The molecule has 0 N–H and O–H groups in total. The first-order valence-corrected chi connectivity index (χ1v) is 5.45. The number of hydrogen-bond acceptors (Lipinski definition) is 1. The summed E-state index contributed by atoms with van der Waals surface area (Å²) in [6.07, 6.45) is 1.56. The predicted octanol–water partition coefficient (Wildman–Crippen LogP) is 3.45. The van der Waals surface area contributed by atoms with Gasteiger partial charge < -0.3 is 0 Å². The molecule has 1 saturated carbocycles. The number of ketones is 1. The third kappa shape index (κ3) is 1.67. The molecule has 1 aromatic carbocycles. The second-order valence-electron chi connectivity index (χ2n) is 3.59. The van der Waals surface area contributed by atoms with Crippen LogP contribution in [-0.2, 0) is 4.79 Å². The van der Waals surface area contributed by atoms with Gasteiger partial charge in [-0.15, -0.1) is 0 Å². The van der Waals surface area contributed by atoms with Gasteiger partial charge in [0.2, 0.25) is 0 Å². The van der Waals surface area contributed by atoms with Gasteiger partial charge in [0, 0.05) is 16.8 Å². The summed E-state index contributed by atoms with van der Waals surface area (Å²) in [5.41, 5.74) is 1.96. The van der Waals surface area contributed by atoms with Gasteiger partial charge in [-0.05, 0) is 29.7 Å². The van der Waals surface area contributed by atoms with Crippen LogP contribution in [-0.4, -0.2) is 5.78 Å². The Morgan fingerprint density at radius 2 is 2.21 bits per heavy atom. The molecule has 1 atom stereocenters. The monoisotopic (exact) mass is 250 g/mol. The molecular weight excluding hydrogens is 240 g/mol. The molecule has 0 radical (unpaired) electrons. The number of Topliss-reactive ketones (excluding diaryl/α,β-unsaturated/α-hetero) is 1. The Balaban J connectivity index is 2.32. The summed E-state index contributed by atoms with van der Waals surface area (Å²) in [7, 11) is 0. The quantitative estimate of drug-likeness (QED) is 0.698. The van der Waals surface area contributed by atoms with Crippen molar-refractivity contribution in [3.63, 3.8) is 0 Å². The molecule has 1 aromatic rings. The largest absolute Gasteiger partial charge is 0.295 e. The van der Waals surface area contributed by atoms with Crippen LogP contribution in [0.1, 0.15) is 24.3 Å². The minimum Gasteiger partial charge on any atom is -0.295 e. The fourth-order valence-corrected chi connectivity index (χ4v) is 2.31. The fourth-order valence-electron chi connectivity index (χ4n) is 1.90. The van der Waals surface area contributed by atoms with Gasteiger partial charge in [0.05, 0.1) is 0 Å². The van der Waals surface area contributed by atoms with Crippen LogP contribution >= 0.6 is 15.9 Å². The van der Waals surface area contributed by atoms with Gasteiger partial charge in [0.15, 0.2) is 5.78 Å². The average molecular weight is 251 g/mol. The molecule has 2 heteroatoms. The molecule has 1 unspecified atom stereocenters. The lowest BCUT2D eigenvalue weighted by Crippen LogP contribution is -1.98. The second-order valence-corrected chi connectivity index (χ2v) is 4.51. The maximum Gasteiger partial charge on any atom is 0.158 e. The zero-order valence-corrected chi connectivity index (χ0v) is 9.38. The second kappa shape index (κ2) is 3.70. The van der Waals surface area contributed by atoms with Gasteiger partial charge in [-0.25, -0.2) is 0 Å². The smallest absolute Gasteiger partial charge is 0.158 e. The van der Waals surface area contributed by atoms with Gasteiger partial charge in [0.1, 0.15) is 0 Å². The summed E-state index contributed by atoms with van der Waals surface area (Å²) in [6.45, 7) is 3.86. The highest BCUT2D eigenvalue weighted by Gasteiger charge is 2.27. The number of hydrogen-bond donors (Lipinski definition) is 0. The maximum atomic E-state index is 11.3. The highest BCUT2D eigenvalue weighted by molar-refractivity contribution is 9.10. The van der Waals surface area contributed by atoms with Crippen LogP contribution in [0.3, 0.4) is 0 Å². The van der Waals surface area contributed by atoms with E-state index < -0.39 is 0 Å². The van der Waals surface area contributed by atoms with Crippen LogP contribution in [0.4, 0.5) is 0 Å². The SMILES string of the molecule is C=C1C(=O)CCC1c1cccc(Br)c1. The van der Waals surface area contributed by atoms with Crippen LogP contribution in [0.15, 0.2) is 40.9 Å².